The van der Waals surface area contributed by atoms with Crippen molar-refractivity contribution in [2.45, 2.75) is 0 Å². The number of pyridine rings is 1. The van der Waals surface area contributed by atoms with Gasteiger partial charge in [0.2, 0.25) is 0 Å². The van der Waals surface area contributed by atoms with Gasteiger partial charge in [-0.15, -0.1) is 0 Å². The number of nitrogens with zero attached hydrogens (tertiary/aromatic N) is 1. The van der Waals surface area contributed by atoms with E-state index in [9.17, 15) is 0 Å². The number of aromatic nitrogens is 2. The highest BCUT2D eigenvalue weighted by Crippen LogP contribution is 2.31. The van der Waals surface area contributed by atoms with Crippen molar-refractivity contribution in [3.8, 4) is 0 Å². The van der Waals surface area contributed by atoms with Crippen molar-refractivity contribution >= 4 is 27.4 Å². The fourth-order valence-corrected chi connectivity index (χ4v) is 2.78. The van der Waals surface area contributed by atoms with Gasteiger partial charge >= 0.3 is 0 Å². The Bertz CT molecular complexity index is 949. The molecule has 2 heteroatoms. The number of hydrogen-bond acceptors (Lipinski definition) is 1. The lowest BCUT2D eigenvalue weighted by Gasteiger charge is -2.06. The fraction of sp³-hybridized carbons (Fsp3) is 0. The van der Waals surface area contributed by atoms with Crippen LogP contribution in [0.2, 0.25) is 0 Å². The van der Waals surface area contributed by atoms with Crippen LogP contribution in [0, 0.1) is 0 Å². The predicted octanol–water partition coefficient (Wildman–Crippen LogP) is 4.78. The van der Waals surface area contributed by atoms with E-state index in [0.717, 1.165) is 27.9 Å². The minimum Gasteiger partial charge on any atom is -0.353 e. The van der Waals surface area contributed by atoms with E-state index in [1.165, 1.54) is 10.8 Å². The van der Waals surface area contributed by atoms with Crippen LogP contribution in [0.3, 0.4) is 0 Å². The second-order valence-corrected chi connectivity index (χ2v) is 5.10. The van der Waals surface area contributed by atoms with Gasteiger partial charge in [-0.1, -0.05) is 55.1 Å². The first-order valence-corrected chi connectivity index (χ1v) is 6.95. The number of hydrogen-bond donors (Lipinski definition) is 1. The number of nitrogens with one attached hydrogen (secondary N) is 1. The maximum atomic E-state index is 4.55. The summed E-state index contributed by atoms with van der Waals surface area (Å²) in [6.07, 6.45) is 1.85. The minimum absolute atomic E-state index is 0.912. The van der Waals surface area contributed by atoms with E-state index in [0.29, 0.717) is 0 Å². The zero-order valence-corrected chi connectivity index (χ0v) is 11.5. The van der Waals surface area contributed by atoms with Crippen LogP contribution >= 0.6 is 0 Å². The molecule has 100 valence electrons. The van der Waals surface area contributed by atoms with E-state index in [2.05, 4.69) is 52.9 Å². The third-order valence-electron chi connectivity index (χ3n) is 3.84. The van der Waals surface area contributed by atoms with E-state index < -0.39 is 0 Å². The number of aromatic amines is 1. The predicted molar refractivity (Wildman–Crippen MR) is 88.2 cm³/mol. The summed E-state index contributed by atoms with van der Waals surface area (Å²) in [5.74, 6) is 0. The Hall–Kier alpha value is -2.87. The maximum absolute atomic E-state index is 4.55. The van der Waals surface area contributed by atoms with Gasteiger partial charge in [-0.05, 0) is 17.7 Å². The Morgan fingerprint density at radius 2 is 1.62 bits per heavy atom. The quantitative estimate of drug-likeness (QED) is 0.558. The first-order chi connectivity index (χ1) is 10.3. The summed E-state index contributed by atoms with van der Waals surface area (Å²) < 4.78 is 0. The van der Waals surface area contributed by atoms with Gasteiger partial charge in [0.05, 0.1) is 11.2 Å². The van der Waals surface area contributed by atoms with Crippen LogP contribution in [-0.2, 0) is 0 Å². The highest BCUT2D eigenvalue weighted by molar-refractivity contribution is 6.10. The summed E-state index contributed by atoms with van der Waals surface area (Å²) in [5.41, 5.74) is 5.12. The summed E-state index contributed by atoms with van der Waals surface area (Å²) in [4.78, 5) is 8.02. The van der Waals surface area contributed by atoms with Crippen LogP contribution in [0.4, 0.5) is 0 Å². The largest absolute Gasteiger partial charge is 0.353 e. The van der Waals surface area contributed by atoms with Crippen LogP contribution in [0.1, 0.15) is 11.3 Å². The molecule has 0 aliphatic rings. The van der Waals surface area contributed by atoms with Gasteiger partial charge in [0.15, 0.2) is 0 Å². The Morgan fingerprint density at radius 1 is 0.857 bits per heavy atom. The molecule has 0 fully saturated rings. The Labute approximate surface area is 122 Å². The maximum Gasteiger partial charge on any atom is 0.0943 e. The van der Waals surface area contributed by atoms with Crippen molar-refractivity contribution < 1.29 is 0 Å². The minimum atomic E-state index is 0.912. The van der Waals surface area contributed by atoms with Crippen LogP contribution in [0.15, 0.2) is 73.4 Å². The monoisotopic (exact) mass is 270 g/mol. The van der Waals surface area contributed by atoms with Gasteiger partial charge in [-0.25, -0.2) is 0 Å². The summed E-state index contributed by atoms with van der Waals surface area (Å²) in [7, 11) is 0. The van der Waals surface area contributed by atoms with Crippen LogP contribution in [0.25, 0.3) is 27.4 Å². The van der Waals surface area contributed by atoms with E-state index in [1.807, 2.05) is 30.5 Å². The molecule has 1 N–H and O–H groups in total. The highest BCUT2D eigenvalue weighted by atomic mass is 14.8. The molecule has 0 amide bonds. The van der Waals surface area contributed by atoms with Crippen LogP contribution in [-0.4, -0.2) is 9.97 Å². The second-order valence-electron chi connectivity index (χ2n) is 5.10. The molecule has 0 bridgehead atoms. The smallest absolute Gasteiger partial charge is 0.0943 e. The van der Waals surface area contributed by atoms with Crippen molar-refractivity contribution in [2.75, 3.05) is 0 Å². The molecular weight excluding hydrogens is 256 g/mol. The number of rotatable bonds is 2. The Balaban J connectivity index is 1.99. The molecule has 2 heterocycles. The van der Waals surface area contributed by atoms with Gasteiger partial charge in [-0.3, -0.25) is 4.98 Å². The lowest BCUT2D eigenvalue weighted by atomic mass is 10.0. The summed E-state index contributed by atoms with van der Waals surface area (Å²) in [6.45, 7) is 4.23. The molecule has 2 nitrogen and oxygen atoms in total. The van der Waals surface area contributed by atoms with Crippen LogP contribution in [0.5, 0.6) is 0 Å². The molecule has 0 atom stereocenters. The number of H-pyrrole nitrogens is 1. The topological polar surface area (TPSA) is 28.7 Å². The van der Waals surface area contributed by atoms with Crippen LogP contribution < -0.4 is 0 Å². The van der Waals surface area contributed by atoms with Crippen molar-refractivity contribution in [1.82, 2.24) is 9.97 Å². The molecule has 2 aromatic carbocycles. The molecule has 0 saturated heterocycles. The molecule has 0 radical (unpaired) electrons. The number of fused-ring (bicyclic) bond motifs is 3. The third-order valence-corrected chi connectivity index (χ3v) is 3.84. The van der Waals surface area contributed by atoms with E-state index in [4.69, 9.17) is 0 Å². The average molecular weight is 270 g/mol. The molecular formula is C19H14N2. The molecule has 0 aliphatic heterocycles. The van der Waals surface area contributed by atoms with Gasteiger partial charge in [0.1, 0.15) is 0 Å². The number of benzene rings is 2. The summed E-state index contributed by atoms with van der Waals surface area (Å²) in [5, 5.41) is 2.41. The fourth-order valence-electron chi connectivity index (χ4n) is 2.78. The van der Waals surface area contributed by atoms with Gasteiger partial charge in [0.25, 0.3) is 0 Å². The SMILES string of the molecule is C=C(c1ccccc1)c1nccc2c1[nH]c1ccccc12. The van der Waals surface area contributed by atoms with Gasteiger partial charge in [-0.2, -0.15) is 0 Å². The lowest BCUT2D eigenvalue weighted by Crippen LogP contribution is -1.91. The van der Waals surface area contributed by atoms with Crippen molar-refractivity contribution in [3.05, 3.63) is 84.7 Å². The first kappa shape index (κ1) is 11.9. The van der Waals surface area contributed by atoms with Crippen molar-refractivity contribution in [2.24, 2.45) is 0 Å². The Kier molecular flexibility index (Phi) is 2.61. The normalized spacial score (nSPS) is 11.0. The van der Waals surface area contributed by atoms with Gasteiger partial charge < -0.3 is 4.98 Å². The molecule has 21 heavy (non-hydrogen) atoms. The standard InChI is InChI=1S/C19H14N2/c1-13(14-7-3-2-4-8-14)18-19-16(11-12-20-18)15-9-5-6-10-17(15)21-19/h2-12,21H,1H2. The van der Waals surface area contributed by atoms with Crippen molar-refractivity contribution in [1.29, 1.82) is 0 Å². The zero-order chi connectivity index (χ0) is 14.2. The molecule has 4 aromatic rings. The van der Waals surface area contributed by atoms with Crippen molar-refractivity contribution in [3.63, 3.8) is 0 Å². The molecule has 0 aliphatic carbocycles. The summed E-state index contributed by atoms with van der Waals surface area (Å²) >= 11 is 0. The second kappa shape index (κ2) is 4.60. The molecule has 2 aromatic heterocycles. The molecule has 4 rings (SSSR count). The van der Waals surface area contributed by atoms with Gasteiger partial charge in [0, 0.05) is 28.1 Å². The molecule has 0 spiro atoms. The molecule has 0 unspecified atom stereocenters. The molecule has 0 saturated carbocycles. The third kappa shape index (κ3) is 1.84. The Morgan fingerprint density at radius 3 is 2.48 bits per heavy atom. The lowest BCUT2D eigenvalue weighted by molar-refractivity contribution is 1.29. The number of para-hydroxylation sites is 1. The average Bonchev–Trinajstić information content (AvgIpc) is 2.94. The summed E-state index contributed by atoms with van der Waals surface area (Å²) in [6, 6.07) is 20.5. The zero-order valence-electron chi connectivity index (χ0n) is 11.5. The van der Waals surface area contributed by atoms with E-state index in [1.54, 1.807) is 0 Å². The van der Waals surface area contributed by atoms with E-state index >= 15 is 0 Å². The van der Waals surface area contributed by atoms with E-state index in [-0.39, 0.29) is 0 Å². The highest BCUT2D eigenvalue weighted by Gasteiger charge is 2.12. The first-order valence-electron chi connectivity index (χ1n) is 6.95.